The molecule has 1 amide bonds. The van der Waals surface area contributed by atoms with Crippen molar-refractivity contribution in [1.82, 2.24) is 20.2 Å². The average molecular weight is 460 g/mol. The van der Waals surface area contributed by atoms with Crippen LogP contribution in [-0.4, -0.2) is 39.7 Å². The molecule has 3 rings (SSSR count). The molecule has 1 heterocycles. The van der Waals surface area contributed by atoms with Gasteiger partial charge in [0.05, 0.1) is 19.1 Å². The quantitative estimate of drug-likeness (QED) is 0.332. The van der Waals surface area contributed by atoms with E-state index in [2.05, 4.69) is 36.7 Å². The second kappa shape index (κ2) is 9.52. The Bertz CT molecular complexity index is 1010. The van der Waals surface area contributed by atoms with Gasteiger partial charge in [0, 0.05) is 22.6 Å². The van der Waals surface area contributed by atoms with Crippen molar-refractivity contribution in [2.75, 3.05) is 12.9 Å². The smallest absolute Gasteiger partial charge is 0.250 e. The molecule has 0 spiro atoms. The van der Waals surface area contributed by atoms with Crippen LogP contribution in [0.25, 0.3) is 11.4 Å². The Balaban J connectivity index is 1.57. The number of nitrogens with one attached hydrogen (secondary N) is 1. The first-order valence-corrected chi connectivity index (χ1v) is 10.1. The molecule has 144 valence electrons. The van der Waals surface area contributed by atoms with Crippen LogP contribution in [-0.2, 0) is 11.8 Å². The molecule has 2 aromatic carbocycles. The van der Waals surface area contributed by atoms with E-state index >= 15 is 0 Å². The van der Waals surface area contributed by atoms with Crippen LogP contribution in [0, 0.1) is 0 Å². The average Bonchev–Trinajstić information content (AvgIpc) is 3.07. The number of hydrogen-bond acceptors (Lipinski definition) is 6. The molecule has 0 atom stereocenters. The van der Waals surface area contributed by atoms with Crippen molar-refractivity contribution in [3.63, 3.8) is 0 Å². The number of carbonyl (C=O) groups excluding carboxylic acids is 1. The van der Waals surface area contributed by atoms with Gasteiger partial charge in [-0.05, 0) is 24.3 Å². The summed E-state index contributed by atoms with van der Waals surface area (Å²) in [6, 6.07) is 15.2. The molecule has 0 saturated heterocycles. The van der Waals surface area contributed by atoms with E-state index in [0.717, 1.165) is 21.4 Å². The number of para-hydroxylation sites is 1. The molecule has 0 aliphatic carbocycles. The van der Waals surface area contributed by atoms with Crippen LogP contribution >= 0.6 is 27.7 Å². The van der Waals surface area contributed by atoms with Crippen LogP contribution in [0.2, 0.25) is 0 Å². The zero-order valence-corrected chi connectivity index (χ0v) is 17.7. The third-order valence-corrected chi connectivity index (χ3v) is 5.30. The number of benzene rings is 2. The number of carbonyl (C=O) groups is 1. The van der Waals surface area contributed by atoms with E-state index in [-0.39, 0.29) is 11.7 Å². The largest absolute Gasteiger partial charge is 0.496 e. The zero-order chi connectivity index (χ0) is 19.9. The molecule has 0 saturated carbocycles. The molecule has 0 unspecified atom stereocenters. The van der Waals surface area contributed by atoms with Crippen molar-refractivity contribution in [2.24, 2.45) is 12.1 Å². The highest BCUT2D eigenvalue weighted by atomic mass is 79.9. The van der Waals surface area contributed by atoms with E-state index in [1.165, 1.54) is 11.8 Å². The molecule has 0 aliphatic rings. The molecule has 0 bridgehead atoms. The van der Waals surface area contributed by atoms with Gasteiger partial charge in [0.1, 0.15) is 5.75 Å². The minimum Gasteiger partial charge on any atom is -0.496 e. The second-order valence-corrected chi connectivity index (χ2v) is 7.56. The molecule has 0 aliphatic heterocycles. The molecule has 0 fully saturated rings. The standard InChI is InChI=1S/C19H18BrN5O2S/c1-25-18(13-7-5-8-15(20)10-13)23-24-19(25)28-12-17(26)22-21-11-14-6-3-4-9-16(14)27-2/h3-11H,12H2,1-2H3,(H,22,26). The third-order valence-electron chi connectivity index (χ3n) is 3.78. The maximum Gasteiger partial charge on any atom is 0.250 e. The highest BCUT2D eigenvalue weighted by molar-refractivity contribution is 9.10. The highest BCUT2D eigenvalue weighted by Gasteiger charge is 2.13. The molecular formula is C19H18BrN5O2S. The molecule has 1 aromatic heterocycles. The van der Waals surface area contributed by atoms with Crippen molar-refractivity contribution < 1.29 is 9.53 Å². The number of hydrazone groups is 1. The van der Waals surface area contributed by atoms with E-state index in [4.69, 9.17) is 4.74 Å². The Kier molecular flexibility index (Phi) is 6.83. The summed E-state index contributed by atoms with van der Waals surface area (Å²) in [6.07, 6.45) is 1.55. The van der Waals surface area contributed by atoms with E-state index in [1.54, 1.807) is 13.3 Å². The molecule has 3 aromatic rings. The summed E-state index contributed by atoms with van der Waals surface area (Å²) >= 11 is 4.75. The Morgan fingerprint density at radius 3 is 2.89 bits per heavy atom. The van der Waals surface area contributed by atoms with Gasteiger partial charge in [-0.1, -0.05) is 52.0 Å². The number of halogens is 1. The summed E-state index contributed by atoms with van der Waals surface area (Å²) in [6.45, 7) is 0. The number of hydrogen-bond donors (Lipinski definition) is 1. The maximum absolute atomic E-state index is 12.1. The van der Waals surface area contributed by atoms with Gasteiger partial charge in [-0.2, -0.15) is 5.10 Å². The normalized spacial score (nSPS) is 11.0. The first-order valence-electron chi connectivity index (χ1n) is 8.31. The Hall–Kier alpha value is -2.65. The maximum atomic E-state index is 12.1. The predicted octanol–water partition coefficient (Wildman–Crippen LogP) is 3.50. The van der Waals surface area contributed by atoms with Gasteiger partial charge in [-0.3, -0.25) is 4.79 Å². The molecular weight excluding hydrogens is 442 g/mol. The minimum atomic E-state index is -0.233. The number of nitrogens with zero attached hydrogens (tertiary/aromatic N) is 4. The van der Waals surface area contributed by atoms with Crippen molar-refractivity contribution in [2.45, 2.75) is 5.16 Å². The first kappa shape index (κ1) is 20.1. The van der Waals surface area contributed by atoms with Gasteiger partial charge < -0.3 is 9.30 Å². The first-order chi connectivity index (χ1) is 13.6. The summed E-state index contributed by atoms with van der Waals surface area (Å²) < 4.78 is 8.06. The van der Waals surface area contributed by atoms with Crippen molar-refractivity contribution in [1.29, 1.82) is 0 Å². The van der Waals surface area contributed by atoms with Gasteiger partial charge in [0.2, 0.25) is 0 Å². The number of aromatic nitrogens is 3. The van der Waals surface area contributed by atoms with E-state index < -0.39 is 0 Å². The van der Waals surface area contributed by atoms with Crippen molar-refractivity contribution in [3.8, 4) is 17.1 Å². The van der Waals surface area contributed by atoms with Gasteiger partial charge in [0.15, 0.2) is 11.0 Å². The van der Waals surface area contributed by atoms with Gasteiger partial charge in [-0.25, -0.2) is 5.43 Å². The highest BCUT2D eigenvalue weighted by Crippen LogP contribution is 2.24. The van der Waals surface area contributed by atoms with Gasteiger partial charge in [-0.15, -0.1) is 10.2 Å². The summed E-state index contributed by atoms with van der Waals surface area (Å²) in [5.74, 6) is 1.36. The van der Waals surface area contributed by atoms with Crippen LogP contribution < -0.4 is 10.2 Å². The number of ether oxygens (including phenoxy) is 1. The number of rotatable bonds is 7. The minimum absolute atomic E-state index is 0.174. The fraction of sp³-hybridized carbons (Fsp3) is 0.158. The van der Waals surface area contributed by atoms with Crippen molar-refractivity contribution >= 4 is 39.8 Å². The lowest BCUT2D eigenvalue weighted by molar-refractivity contribution is -0.118. The summed E-state index contributed by atoms with van der Waals surface area (Å²) in [4.78, 5) is 12.1. The molecule has 28 heavy (non-hydrogen) atoms. The molecule has 1 N–H and O–H groups in total. The Morgan fingerprint density at radius 2 is 2.11 bits per heavy atom. The molecule has 7 nitrogen and oxygen atoms in total. The summed E-state index contributed by atoms with van der Waals surface area (Å²) in [7, 11) is 3.46. The predicted molar refractivity (Wildman–Crippen MR) is 114 cm³/mol. The number of methoxy groups -OCH3 is 1. The van der Waals surface area contributed by atoms with Crippen LogP contribution in [0.5, 0.6) is 5.75 Å². The number of thioether (sulfide) groups is 1. The monoisotopic (exact) mass is 459 g/mol. The Morgan fingerprint density at radius 1 is 1.29 bits per heavy atom. The summed E-state index contributed by atoms with van der Waals surface area (Å²) in [5, 5.41) is 13.0. The van der Waals surface area contributed by atoms with E-state index in [9.17, 15) is 4.79 Å². The van der Waals surface area contributed by atoms with E-state index in [0.29, 0.717) is 10.9 Å². The van der Waals surface area contributed by atoms with Crippen LogP contribution in [0.4, 0.5) is 0 Å². The molecule has 0 radical (unpaired) electrons. The summed E-state index contributed by atoms with van der Waals surface area (Å²) in [5.41, 5.74) is 4.24. The van der Waals surface area contributed by atoms with Gasteiger partial charge >= 0.3 is 0 Å². The fourth-order valence-corrected chi connectivity index (χ4v) is 3.53. The lowest BCUT2D eigenvalue weighted by Crippen LogP contribution is -2.20. The number of amides is 1. The third kappa shape index (κ3) is 4.99. The topological polar surface area (TPSA) is 81.4 Å². The lowest BCUT2D eigenvalue weighted by atomic mass is 10.2. The second-order valence-electron chi connectivity index (χ2n) is 5.70. The van der Waals surface area contributed by atoms with Crippen molar-refractivity contribution in [3.05, 3.63) is 58.6 Å². The van der Waals surface area contributed by atoms with Crippen LogP contribution in [0.3, 0.4) is 0 Å². The zero-order valence-electron chi connectivity index (χ0n) is 15.3. The Labute approximate surface area is 175 Å². The molecule has 9 heteroatoms. The lowest BCUT2D eigenvalue weighted by Gasteiger charge is -2.04. The van der Waals surface area contributed by atoms with Gasteiger partial charge in [0.25, 0.3) is 5.91 Å². The fourth-order valence-electron chi connectivity index (χ4n) is 2.43. The van der Waals surface area contributed by atoms with Crippen LogP contribution in [0.15, 0.2) is 63.3 Å². The van der Waals surface area contributed by atoms with Crippen LogP contribution in [0.1, 0.15) is 5.56 Å². The van der Waals surface area contributed by atoms with E-state index in [1.807, 2.05) is 60.1 Å². The SMILES string of the molecule is COc1ccccc1C=NNC(=O)CSc1nnc(-c2cccc(Br)c2)n1C.